The fourth-order valence-corrected chi connectivity index (χ4v) is 2.65. The van der Waals surface area contributed by atoms with Gasteiger partial charge in [0.25, 0.3) is 0 Å². The second kappa shape index (κ2) is 6.23. The highest BCUT2D eigenvalue weighted by atomic mass is 32.2. The van der Waals surface area contributed by atoms with E-state index in [1.807, 2.05) is 6.92 Å². The van der Waals surface area contributed by atoms with E-state index in [1.54, 1.807) is 19.1 Å². The summed E-state index contributed by atoms with van der Waals surface area (Å²) in [7, 11) is 0. The number of hydrogen-bond donors (Lipinski definition) is 2. The van der Waals surface area contributed by atoms with Crippen LogP contribution in [0, 0.1) is 5.82 Å². The number of aromatic amines is 1. The molecule has 0 unspecified atom stereocenters. The molecule has 0 saturated carbocycles. The number of hydrogen-bond acceptors (Lipinski definition) is 4. The quantitative estimate of drug-likeness (QED) is 0.887. The van der Waals surface area contributed by atoms with Gasteiger partial charge in [0.05, 0.1) is 4.90 Å². The molecule has 0 aliphatic carbocycles. The minimum atomic E-state index is -0.358. The lowest BCUT2D eigenvalue weighted by molar-refractivity contribution is 0.590. The van der Waals surface area contributed by atoms with E-state index < -0.39 is 0 Å². The Morgan fingerprint density at radius 1 is 1.55 bits per heavy atom. The van der Waals surface area contributed by atoms with Crippen LogP contribution in [0.4, 0.5) is 4.39 Å². The van der Waals surface area contributed by atoms with Gasteiger partial charge in [-0.25, -0.2) is 14.3 Å². The van der Waals surface area contributed by atoms with Crippen LogP contribution in [-0.4, -0.2) is 14.8 Å². The van der Waals surface area contributed by atoms with E-state index >= 15 is 0 Å². The zero-order valence-corrected chi connectivity index (χ0v) is 12.2. The fraction of sp³-hybridized carbons (Fsp3) is 0.385. The van der Waals surface area contributed by atoms with E-state index in [4.69, 9.17) is 5.73 Å². The Hall–Kier alpha value is -1.60. The first kappa shape index (κ1) is 14.8. The topological polar surface area (TPSA) is 76.7 Å². The fourth-order valence-electron chi connectivity index (χ4n) is 1.78. The summed E-state index contributed by atoms with van der Waals surface area (Å²) in [5, 5.41) is 6.77. The number of nitrogens with one attached hydrogen (secondary N) is 1. The van der Waals surface area contributed by atoms with Gasteiger partial charge >= 0.3 is 5.69 Å². The number of rotatable bonds is 5. The number of aromatic nitrogens is 3. The van der Waals surface area contributed by atoms with E-state index in [9.17, 15) is 9.18 Å². The lowest BCUT2D eigenvalue weighted by Gasteiger charge is -2.08. The molecular formula is C13H17FN4OS. The van der Waals surface area contributed by atoms with Crippen LogP contribution < -0.4 is 11.4 Å². The van der Waals surface area contributed by atoms with Gasteiger partial charge in [-0.1, -0.05) is 13.0 Å². The summed E-state index contributed by atoms with van der Waals surface area (Å²) in [4.78, 5) is 12.0. The second-order valence-electron chi connectivity index (χ2n) is 4.54. The van der Waals surface area contributed by atoms with Crippen LogP contribution in [0.2, 0.25) is 0 Å². The average molecular weight is 296 g/mol. The zero-order valence-electron chi connectivity index (χ0n) is 11.4. The standard InChI is InChI=1S/C13H17FN4OS/c1-3-6-18-12(19)16-17-13(18)20-11-5-4-9(8(2)15)7-10(11)14/h4-5,7-8H,3,6,15H2,1-2H3,(H,16,19)/t8-/m1/s1. The zero-order chi connectivity index (χ0) is 14.7. The molecule has 0 amide bonds. The summed E-state index contributed by atoms with van der Waals surface area (Å²) in [6.45, 7) is 4.32. The Morgan fingerprint density at radius 3 is 2.90 bits per heavy atom. The Labute approximate surface area is 120 Å². The van der Waals surface area contributed by atoms with Gasteiger partial charge in [0.1, 0.15) is 5.82 Å². The Morgan fingerprint density at radius 2 is 2.30 bits per heavy atom. The molecule has 5 nitrogen and oxygen atoms in total. The maximum absolute atomic E-state index is 14.0. The third kappa shape index (κ3) is 3.10. The largest absolute Gasteiger partial charge is 0.343 e. The molecule has 0 aliphatic heterocycles. The van der Waals surface area contributed by atoms with Crippen LogP contribution in [0.5, 0.6) is 0 Å². The van der Waals surface area contributed by atoms with Crippen molar-refractivity contribution < 1.29 is 4.39 Å². The predicted octanol–water partition coefficient (Wildman–Crippen LogP) is 2.29. The molecule has 3 N–H and O–H groups in total. The number of H-pyrrole nitrogens is 1. The molecule has 0 bridgehead atoms. The SMILES string of the molecule is CCCn1c(Sc2ccc([C@@H](C)N)cc2F)n[nH]c1=O. The number of benzene rings is 1. The molecule has 0 spiro atoms. The molecule has 1 aromatic carbocycles. The Balaban J connectivity index is 2.28. The van der Waals surface area contributed by atoms with Crippen molar-refractivity contribution in [3.8, 4) is 0 Å². The smallest absolute Gasteiger partial charge is 0.324 e. The average Bonchev–Trinajstić information content (AvgIpc) is 2.74. The minimum Gasteiger partial charge on any atom is -0.324 e. The third-order valence-electron chi connectivity index (χ3n) is 2.85. The minimum absolute atomic E-state index is 0.216. The molecule has 2 rings (SSSR count). The maximum atomic E-state index is 14.0. The van der Waals surface area contributed by atoms with Crippen LogP contribution >= 0.6 is 11.8 Å². The summed E-state index contributed by atoms with van der Waals surface area (Å²) in [6, 6.07) is 4.65. The third-order valence-corrected chi connectivity index (χ3v) is 3.90. The van der Waals surface area contributed by atoms with E-state index in [-0.39, 0.29) is 17.5 Å². The molecule has 7 heteroatoms. The van der Waals surface area contributed by atoms with Crippen molar-refractivity contribution in [1.82, 2.24) is 14.8 Å². The highest BCUT2D eigenvalue weighted by Gasteiger charge is 2.13. The second-order valence-corrected chi connectivity index (χ2v) is 5.55. The van der Waals surface area contributed by atoms with Gasteiger partial charge < -0.3 is 5.73 Å². The van der Waals surface area contributed by atoms with Crippen molar-refractivity contribution in [2.45, 2.75) is 42.9 Å². The van der Waals surface area contributed by atoms with Gasteiger partial charge in [-0.2, -0.15) is 0 Å². The normalized spacial score (nSPS) is 12.6. The molecular weight excluding hydrogens is 279 g/mol. The summed E-state index contributed by atoms with van der Waals surface area (Å²) < 4.78 is 15.5. The van der Waals surface area contributed by atoms with E-state index in [1.165, 1.54) is 10.6 Å². The molecule has 0 saturated heterocycles. The lowest BCUT2D eigenvalue weighted by atomic mass is 10.1. The number of nitrogens with two attached hydrogens (primary N) is 1. The summed E-state index contributed by atoms with van der Waals surface area (Å²) in [5.41, 5.74) is 6.18. The highest BCUT2D eigenvalue weighted by molar-refractivity contribution is 7.99. The van der Waals surface area contributed by atoms with Gasteiger partial charge in [-0.3, -0.25) is 4.57 Å². The molecule has 2 aromatic rings. The summed E-state index contributed by atoms with van der Waals surface area (Å²) in [5.74, 6) is -0.358. The molecule has 20 heavy (non-hydrogen) atoms. The van der Waals surface area contributed by atoms with Gasteiger partial charge in [0.15, 0.2) is 5.16 Å². The van der Waals surface area contributed by atoms with Gasteiger partial charge in [-0.15, -0.1) is 5.10 Å². The van der Waals surface area contributed by atoms with Crippen molar-refractivity contribution in [1.29, 1.82) is 0 Å². The number of halogens is 1. The van der Waals surface area contributed by atoms with Gasteiger partial charge in [-0.05, 0) is 42.8 Å². The van der Waals surface area contributed by atoms with Crippen molar-refractivity contribution >= 4 is 11.8 Å². The first-order valence-electron chi connectivity index (χ1n) is 6.41. The summed E-state index contributed by atoms with van der Waals surface area (Å²) in [6.07, 6.45) is 0.805. The predicted molar refractivity (Wildman–Crippen MR) is 76.3 cm³/mol. The maximum Gasteiger partial charge on any atom is 0.343 e. The first-order valence-corrected chi connectivity index (χ1v) is 7.22. The van der Waals surface area contributed by atoms with Crippen LogP contribution in [0.3, 0.4) is 0 Å². The van der Waals surface area contributed by atoms with Gasteiger partial charge in [0, 0.05) is 12.6 Å². The molecule has 1 aromatic heterocycles. The Bertz CT molecular complexity index is 650. The lowest BCUT2D eigenvalue weighted by Crippen LogP contribution is -2.17. The van der Waals surface area contributed by atoms with Crippen LogP contribution in [-0.2, 0) is 6.54 Å². The van der Waals surface area contributed by atoms with Crippen molar-refractivity contribution in [2.24, 2.45) is 5.73 Å². The van der Waals surface area contributed by atoms with Crippen molar-refractivity contribution in [2.75, 3.05) is 0 Å². The number of nitrogens with zero attached hydrogens (tertiary/aromatic N) is 2. The van der Waals surface area contributed by atoms with Crippen LogP contribution in [0.25, 0.3) is 0 Å². The van der Waals surface area contributed by atoms with Crippen molar-refractivity contribution in [3.05, 3.63) is 40.1 Å². The van der Waals surface area contributed by atoms with Crippen molar-refractivity contribution in [3.63, 3.8) is 0 Å². The molecule has 1 atom stereocenters. The van der Waals surface area contributed by atoms with Gasteiger partial charge in [0.2, 0.25) is 0 Å². The molecule has 0 fully saturated rings. The van der Waals surface area contributed by atoms with E-state index in [2.05, 4.69) is 10.2 Å². The molecule has 1 heterocycles. The first-order chi connectivity index (χ1) is 9.52. The van der Waals surface area contributed by atoms with Crippen LogP contribution in [0.1, 0.15) is 31.9 Å². The summed E-state index contributed by atoms with van der Waals surface area (Å²) >= 11 is 1.13. The van der Waals surface area contributed by atoms with Crippen LogP contribution in [0.15, 0.2) is 33.0 Å². The van der Waals surface area contributed by atoms with E-state index in [0.29, 0.717) is 16.6 Å². The van der Waals surface area contributed by atoms with E-state index in [0.717, 1.165) is 23.7 Å². The monoisotopic (exact) mass is 296 g/mol. The molecule has 0 aliphatic rings. The molecule has 108 valence electrons. The molecule has 0 radical (unpaired) electrons. The highest BCUT2D eigenvalue weighted by Crippen LogP contribution is 2.29. The Kier molecular flexibility index (Phi) is 4.61.